The third kappa shape index (κ3) is 4.98. The Morgan fingerprint density at radius 1 is 1.18 bits per heavy atom. The minimum Gasteiger partial charge on any atom is -0.493 e. The summed E-state index contributed by atoms with van der Waals surface area (Å²) in [4.78, 5) is 15.0. The van der Waals surface area contributed by atoms with Crippen molar-refractivity contribution in [2.75, 3.05) is 33.9 Å². The van der Waals surface area contributed by atoms with Crippen LogP contribution in [0, 0.1) is 0 Å². The molecule has 3 atom stereocenters. The first-order chi connectivity index (χ1) is 18.7. The van der Waals surface area contributed by atoms with Crippen molar-refractivity contribution in [1.82, 2.24) is 19.7 Å². The lowest BCUT2D eigenvalue weighted by atomic mass is 9.93. The molecule has 0 spiro atoms. The average molecular weight is 557 g/mol. The van der Waals surface area contributed by atoms with Gasteiger partial charge >= 0.3 is 0 Å². The highest BCUT2D eigenvalue weighted by molar-refractivity contribution is 6.30. The molecule has 5 rings (SSSR count). The van der Waals surface area contributed by atoms with E-state index in [4.69, 9.17) is 25.8 Å². The highest BCUT2D eigenvalue weighted by atomic mass is 35.5. The first kappa shape index (κ1) is 27.4. The van der Waals surface area contributed by atoms with Crippen LogP contribution in [0.5, 0.6) is 11.5 Å². The lowest BCUT2D eigenvalue weighted by molar-refractivity contribution is -0.134. The first-order valence-electron chi connectivity index (χ1n) is 12.9. The fourth-order valence-corrected chi connectivity index (χ4v) is 5.42. The number of aromatic nitrogens is 3. The Kier molecular flexibility index (Phi) is 7.56. The van der Waals surface area contributed by atoms with E-state index < -0.39 is 23.7 Å². The predicted octanol–water partition coefficient (Wildman–Crippen LogP) is 3.35. The van der Waals surface area contributed by atoms with Gasteiger partial charge in [0.2, 0.25) is 5.91 Å². The Labute approximate surface area is 232 Å². The Bertz CT molecular complexity index is 1380. The van der Waals surface area contributed by atoms with E-state index in [0.29, 0.717) is 46.7 Å². The van der Waals surface area contributed by atoms with Crippen molar-refractivity contribution >= 4 is 17.5 Å². The lowest BCUT2D eigenvalue weighted by Gasteiger charge is -2.26. The minimum absolute atomic E-state index is 0.0189. The van der Waals surface area contributed by atoms with Crippen LogP contribution in [0.3, 0.4) is 0 Å². The van der Waals surface area contributed by atoms with Crippen molar-refractivity contribution in [2.24, 2.45) is 0 Å². The first-order valence-corrected chi connectivity index (χ1v) is 13.2. The number of carbonyl (C=O) groups excluding carboxylic acids is 1. The molecule has 1 fully saturated rings. The molecular weight excluding hydrogens is 524 g/mol. The van der Waals surface area contributed by atoms with Gasteiger partial charge in [0.1, 0.15) is 18.0 Å². The summed E-state index contributed by atoms with van der Waals surface area (Å²) in [5.41, 5.74) is 1.38. The highest BCUT2D eigenvalue weighted by Crippen LogP contribution is 2.47. The number of rotatable bonds is 7. The molecule has 1 saturated heterocycles. The Morgan fingerprint density at radius 2 is 1.97 bits per heavy atom. The second-order valence-corrected chi connectivity index (χ2v) is 11.0. The molecule has 0 bridgehead atoms. The molecule has 0 saturated carbocycles. The van der Waals surface area contributed by atoms with Gasteiger partial charge in [0.25, 0.3) is 0 Å². The molecule has 3 aromatic rings. The second kappa shape index (κ2) is 10.8. The van der Waals surface area contributed by atoms with Crippen LogP contribution in [0.1, 0.15) is 61.7 Å². The van der Waals surface area contributed by atoms with Gasteiger partial charge < -0.3 is 29.3 Å². The number of likely N-dealkylation sites (tertiary alicyclic amines) is 1. The van der Waals surface area contributed by atoms with Crippen molar-refractivity contribution in [3.63, 3.8) is 0 Å². The van der Waals surface area contributed by atoms with E-state index in [-0.39, 0.29) is 25.5 Å². The van der Waals surface area contributed by atoms with E-state index in [1.165, 1.54) is 0 Å². The molecule has 39 heavy (non-hydrogen) atoms. The molecule has 11 heteroatoms. The van der Waals surface area contributed by atoms with E-state index in [9.17, 15) is 15.0 Å². The van der Waals surface area contributed by atoms with Crippen LogP contribution in [-0.2, 0) is 14.9 Å². The van der Waals surface area contributed by atoms with E-state index >= 15 is 0 Å². The lowest BCUT2D eigenvalue weighted by Crippen LogP contribution is -2.31. The van der Waals surface area contributed by atoms with Crippen molar-refractivity contribution in [1.29, 1.82) is 0 Å². The van der Waals surface area contributed by atoms with Crippen molar-refractivity contribution < 1.29 is 29.2 Å². The molecule has 3 heterocycles. The average Bonchev–Trinajstić information content (AvgIpc) is 3.55. The summed E-state index contributed by atoms with van der Waals surface area (Å²) in [6.45, 7) is 4.34. The summed E-state index contributed by atoms with van der Waals surface area (Å²) >= 11 is 6.52. The number of hydrogen-bond acceptors (Lipinski definition) is 8. The van der Waals surface area contributed by atoms with E-state index in [1.807, 2.05) is 42.7 Å². The van der Waals surface area contributed by atoms with E-state index in [0.717, 1.165) is 11.3 Å². The standard InChI is InChI=1S/C28H33ClN4O6/c1-28(2,15-34)27-31-30-26-22(13-23(36)32-11-10-17(35)14-32)39-24(18-6-5-7-21(37-3)25(18)38-4)19-12-16(29)8-9-20(19)33(26)27/h5-9,12,17,22,24,34-35H,10-11,13-15H2,1-4H3. The number of nitrogens with zero attached hydrogens (tertiary/aromatic N) is 4. The molecule has 2 aromatic carbocycles. The fourth-order valence-electron chi connectivity index (χ4n) is 5.24. The number of amides is 1. The molecule has 3 unspecified atom stereocenters. The molecule has 10 nitrogen and oxygen atoms in total. The van der Waals surface area contributed by atoms with Gasteiger partial charge in [-0.25, -0.2) is 0 Å². The Hall–Kier alpha value is -3.18. The summed E-state index contributed by atoms with van der Waals surface area (Å²) in [6, 6.07) is 11.0. The van der Waals surface area contributed by atoms with Gasteiger partial charge in [-0.2, -0.15) is 0 Å². The summed E-state index contributed by atoms with van der Waals surface area (Å²) in [5.74, 6) is 1.84. The number of para-hydroxylation sites is 1. The van der Waals surface area contributed by atoms with Crippen molar-refractivity contribution in [3.8, 4) is 17.2 Å². The van der Waals surface area contributed by atoms with Crippen LogP contribution in [0.2, 0.25) is 5.02 Å². The number of methoxy groups -OCH3 is 2. The van der Waals surface area contributed by atoms with Crippen molar-refractivity contribution in [3.05, 3.63) is 64.2 Å². The van der Waals surface area contributed by atoms with E-state index in [1.54, 1.807) is 31.3 Å². The Balaban J connectivity index is 1.71. The summed E-state index contributed by atoms with van der Waals surface area (Å²) in [5, 5.41) is 29.7. The molecule has 1 amide bonds. The smallest absolute Gasteiger partial charge is 0.225 e. The topological polar surface area (TPSA) is 119 Å². The normalized spacial score (nSPS) is 20.8. The summed E-state index contributed by atoms with van der Waals surface area (Å²) in [7, 11) is 3.13. The molecule has 1 aromatic heterocycles. The van der Waals surface area contributed by atoms with Gasteiger partial charge in [0, 0.05) is 34.7 Å². The third-order valence-electron chi connectivity index (χ3n) is 7.38. The minimum atomic E-state index is -0.807. The van der Waals surface area contributed by atoms with Crippen LogP contribution in [-0.4, -0.2) is 75.8 Å². The van der Waals surface area contributed by atoms with Gasteiger partial charge in [0.05, 0.1) is 39.0 Å². The molecule has 2 aliphatic heterocycles. The molecule has 208 valence electrons. The number of aliphatic hydroxyl groups excluding tert-OH is 2. The van der Waals surface area contributed by atoms with Gasteiger partial charge in [0.15, 0.2) is 17.3 Å². The van der Waals surface area contributed by atoms with Crippen LogP contribution < -0.4 is 9.47 Å². The molecule has 0 radical (unpaired) electrons. The Morgan fingerprint density at radius 3 is 2.64 bits per heavy atom. The number of benzene rings is 2. The maximum absolute atomic E-state index is 13.4. The zero-order valence-corrected chi connectivity index (χ0v) is 23.2. The zero-order chi connectivity index (χ0) is 27.9. The zero-order valence-electron chi connectivity index (χ0n) is 22.4. The second-order valence-electron chi connectivity index (χ2n) is 10.5. The molecule has 0 aliphatic carbocycles. The number of carbonyl (C=O) groups is 1. The number of β-amino-alcohol motifs (C(OH)–C–C–N with tert-alkyl or cyclic N) is 1. The number of halogens is 1. The predicted molar refractivity (Wildman–Crippen MR) is 144 cm³/mol. The number of ether oxygens (including phenoxy) is 3. The SMILES string of the molecule is COc1cccc(C2OC(CC(=O)N3CCC(O)C3)c3nnc(C(C)(C)CO)n3-c3ccc(Cl)cc32)c1OC. The monoisotopic (exact) mass is 556 g/mol. The van der Waals surface area contributed by atoms with E-state index in [2.05, 4.69) is 10.2 Å². The largest absolute Gasteiger partial charge is 0.493 e. The quantitative estimate of drug-likeness (QED) is 0.455. The highest BCUT2D eigenvalue weighted by Gasteiger charge is 2.40. The van der Waals surface area contributed by atoms with Crippen molar-refractivity contribution in [2.45, 2.75) is 50.4 Å². The van der Waals surface area contributed by atoms with Gasteiger partial charge in [-0.15, -0.1) is 10.2 Å². The molecular formula is C28H33ClN4O6. The van der Waals surface area contributed by atoms with Crippen LogP contribution >= 0.6 is 11.6 Å². The molecule has 2 N–H and O–H groups in total. The van der Waals surface area contributed by atoms with Crippen LogP contribution in [0.15, 0.2) is 36.4 Å². The van der Waals surface area contributed by atoms with Gasteiger partial charge in [-0.1, -0.05) is 37.6 Å². The van der Waals surface area contributed by atoms with Gasteiger partial charge in [-0.3, -0.25) is 9.36 Å². The number of hydrogen-bond donors (Lipinski definition) is 2. The maximum atomic E-state index is 13.4. The van der Waals surface area contributed by atoms with Gasteiger partial charge in [-0.05, 0) is 30.7 Å². The third-order valence-corrected chi connectivity index (χ3v) is 7.62. The molecule has 2 aliphatic rings. The maximum Gasteiger partial charge on any atom is 0.225 e. The fraction of sp³-hybridized carbons (Fsp3) is 0.464. The van der Waals surface area contributed by atoms with Crippen LogP contribution in [0.25, 0.3) is 5.69 Å². The van der Waals surface area contributed by atoms with Crippen LogP contribution in [0.4, 0.5) is 0 Å². The number of fused-ring (bicyclic) bond motifs is 3. The number of aliphatic hydroxyl groups is 2. The summed E-state index contributed by atoms with van der Waals surface area (Å²) < 4.78 is 20.0. The summed E-state index contributed by atoms with van der Waals surface area (Å²) in [6.07, 6.45) is -1.54.